The average Bonchev–Trinajstić information content (AvgIpc) is 2.14. The standard InChI is InChI=1S/C6H3S/c1-2-6-4-3-5-7-6/h1,3,5H. The zero-order chi connectivity index (χ0) is 5.11. The van der Waals surface area contributed by atoms with E-state index >= 15 is 0 Å². The summed E-state index contributed by atoms with van der Waals surface area (Å²) < 4.78 is 0. The summed E-state index contributed by atoms with van der Waals surface area (Å²) >= 11 is 1.53. The highest BCUT2D eigenvalue weighted by Crippen LogP contribution is 2.03. The second kappa shape index (κ2) is 1.81. The third kappa shape index (κ3) is 0.819. The lowest BCUT2D eigenvalue weighted by atomic mass is 10.5. The van der Waals surface area contributed by atoms with E-state index in [0.717, 1.165) is 4.88 Å². The summed E-state index contributed by atoms with van der Waals surface area (Å²) in [5.41, 5.74) is 0. The van der Waals surface area contributed by atoms with Crippen LogP contribution in [0.2, 0.25) is 0 Å². The Balaban J connectivity index is 3.04. The highest BCUT2D eigenvalue weighted by atomic mass is 32.1. The molecule has 0 amide bonds. The van der Waals surface area contributed by atoms with Crippen LogP contribution in [0.25, 0.3) is 0 Å². The third-order valence-electron chi connectivity index (χ3n) is 0.599. The van der Waals surface area contributed by atoms with Gasteiger partial charge in [-0.2, -0.15) is 0 Å². The van der Waals surface area contributed by atoms with Crippen LogP contribution in [0.15, 0.2) is 11.4 Å². The molecule has 1 radical (unpaired) electrons. The molecule has 0 spiro atoms. The van der Waals surface area contributed by atoms with Gasteiger partial charge in [-0.1, -0.05) is 5.92 Å². The zero-order valence-electron chi connectivity index (χ0n) is 3.64. The number of rotatable bonds is 0. The molecule has 1 aromatic rings. The molecule has 0 saturated heterocycles. The van der Waals surface area contributed by atoms with Gasteiger partial charge in [0.25, 0.3) is 0 Å². The van der Waals surface area contributed by atoms with E-state index in [1.807, 2.05) is 11.4 Å². The fourth-order valence-corrected chi connectivity index (χ4v) is 0.798. The summed E-state index contributed by atoms with van der Waals surface area (Å²) in [5, 5.41) is 1.91. The SMILES string of the molecule is C#Cc1[c]ccs1. The monoisotopic (exact) mass is 107 g/mol. The first-order chi connectivity index (χ1) is 3.43. The second-order valence-electron chi connectivity index (χ2n) is 1.04. The highest BCUT2D eigenvalue weighted by molar-refractivity contribution is 7.10. The van der Waals surface area contributed by atoms with Crippen molar-refractivity contribution in [3.63, 3.8) is 0 Å². The quantitative estimate of drug-likeness (QED) is 0.441. The summed E-state index contributed by atoms with van der Waals surface area (Å²) in [5.74, 6) is 2.47. The van der Waals surface area contributed by atoms with Crippen molar-refractivity contribution in [2.75, 3.05) is 0 Å². The molecule has 0 fully saturated rings. The van der Waals surface area contributed by atoms with Crippen molar-refractivity contribution in [2.24, 2.45) is 0 Å². The summed E-state index contributed by atoms with van der Waals surface area (Å²) in [6, 6.07) is 4.69. The van der Waals surface area contributed by atoms with Crippen LogP contribution in [-0.2, 0) is 0 Å². The predicted octanol–water partition coefficient (Wildman–Crippen LogP) is 1.53. The summed E-state index contributed by atoms with van der Waals surface area (Å²) in [6.07, 6.45) is 5.02. The van der Waals surface area contributed by atoms with Crippen LogP contribution in [0.5, 0.6) is 0 Å². The lowest BCUT2D eigenvalue weighted by molar-refractivity contribution is 1.91. The minimum atomic E-state index is 0.875. The van der Waals surface area contributed by atoms with E-state index in [1.54, 1.807) is 0 Å². The Hall–Kier alpha value is -0.740. The average molecular weight is 107 g/mol. The van der Waals surface area contributed by atoms with E-state index in [4.69, 9.17) is 6.42 Å². The molecular formula is C6H3S. The van der Waals surface area contributed by atoms with Gasteiger partial charge >= 0.3 is 0 Å². The smallest absolute Gasteiger partial charge is 0.0844 e. The van der Waals surface area contributed by atoms with Crippen molar-refractivity contribution < 1.29 is 0 Å². The molecule has 7 heavy (non-hydrogen) atoms. The van der Waals surface area contributed by atoms with E-state index in [2.05, 4.69) is 12.0 Å². The van der Waals surface area contributed by atoms with E-state index in [9.17, 15) is 0 Å². The second-order valence-corrected chi connectivity index (χ2v) is 1.95. The third-order valence-corrected chi connectivity index (χ3v) is 1.34. The minimum Gasteiger partial charge on any atom is -0.135 e. The number of hydrogen-bond donors (Lipinski definition) is 0. The molecule has 0 saturated carbocycles. The molecule has 0 atom stereocenters. The van der Waals surface area contributed by atoms with Gasteiger partial charge in [-0.3, -0.25) is 0 Å². The molecule has 0 aliphatic rings. The Morgan fingerprint density at radius 1 is 1.86 bits per heavy atom. The van der Waals surface area contributed by atoms with E-state index in [-0.39, 0.29) is 0 Å². The van der Waals surface area contributed by atoms with Crippen molar-refractivity contribution in [3.05, 3.63) is 22.4 Å². The maximum atomic E-state index is 5.02. The largest absolute Gasteiger partial charge is 0.135 e. The van der Waals surface area contributed by atoms with Crippen molar-refractivity contribution in [3.8, 4) is 12.3 Å². The molecule has 33 valence electrons. The Kier molecular flexibility index (Phi) is 1.14. The van der Waals surface area contributed by atoms with Gasteiger partial charge in [0.1, 0.15) is 0 Å². The maximum Gasteiger partial charge on any atom is 0.0844 e. The Labute approximate surface area is 46.8 Å². The lowest BCUT2D eigenvalue weighted by Gasteiger charge is -1.65. The Morgan fingerprint density at radius 3 is 3.00 bits per heavy atom. The molecule has 1 heteroatoms. The highest BCUT2D eigenvalue weighted by Gasteiger charge is 1.80. The van der Waals surface area contributed by atoms with Crippen molar-refractivity contribution in [1.29, 1.82) is 0 Å². The molecule has 0 aromatic carbocycles. The van der Waals surface area contributed by atoms with E-state index < -0.39 is 0 Å². The maximum absolute atomic E-state index is 5.02. The van der Waals surface area contributed by atoms with Gasteiger partial charge in [0.15, 0.2) is 0 Å². The number of hydrogen-bond acceptors (Lipinski definition) is 1. The Bertz CT molecular complexity index is 167. The van der Waals surface area contributed by atoms with Gasteiger partial charge < -0.3 is 0 Å². The molecular weight excluding hydrogens is 104 g/mol. The molecule has 1 aromatic heterocycles. The van der Waals surface area contributed by atoms with Crippen LogP contribution < -0.4 is 0 Å². The molecule has 0 nitrogen and oxygen atoms in total. The van der Waals surface area contributed by atoms with Gasteiger partial charge in [0.05, 0.1) is 4.88 Å². The van der Waals surface area contributed by atoms with Crippen LogP contribution in [0, 0.1) is 18.4 Å². The first kappa shape index (κ1) is 4.42. The minimum absolute atomic E-state index is 0.875. The van der Waals surface area contributed by atoms with Gasteiger partial charge in [-0.05, 0) is 11.4 Å². The topological polar surface area (TPSA) is 0 Å². The molecule has 0 aliphatic heterocycles. The molecule has 0 unspecified atom stereocenters. The van der Waals surface area contributed by atoms with Gasteiger partial charge in [0, 0.05) is 6.07 Å². The van der Waals surface area contributed by atoms with Crippen molar-refractivity contribution in [1.82, 2.24) is 0 Å². The lowest BCUT2D eigenvalue weighted by Crippen LogP contribution is -1.51. The molecule has 0 bridgehead atoms. The molecule has 1 rings (SSSR count). The summed E-state index contributed by atoms with van der Waals surface area (Å²) in [7, 11) is 0. The number of thiophene rings is 1. The molecule has 0 N–H and O–H groups in total. The van der Waals surface area contributed by atoms with E-state index in [1.165, 1.54) is 11.3 Å². The van der Waals surface area contributed by atoms with Crippen LogP contribution in [-0.4, -0.2) is 0 Å². The fraction of sp³-hybridized carbons (Fsp3) is 0. The van der Waals surface area contributed by atoms with Crippen LogP contribution in [0.3, 0.4) is 0 Å². The summed E-state index contributed by atoms with van der Waals surface area (Å²) in [6.45, 7) is 0. The number of terminal acetylenes is 1. The fourth-order valence-electron chi connectivity index (χ4n) is 0.321. The van der Waals surface area contributed by atoms with Crippen molar-refractivity contribution >= 4 is 11.3 Å². The first-order valence-electron chi connectivity index (χ1n) is 1.85. The molecule has 0 aliphatic carbocycles. The van der Waals surface area contributed by atoms with Crippen LogP contribution >= 0.6 is 11.3 Å². The predicted molar refractivity (Wildman–Crippen MR) is 31.1 cm³/mol. The van der Waals surface area contributed by atoms with Crippen LogP contribution in [0.4, 0.5) is 0 Å². The first-order valence-corrected chi connectivity index (χ1v) is 2.73. The van der Waals surface area contributed by atoms with Crippen molar-refractivity contribution in [2.45, 2.75) is 0 Å². The Morgan fingerprint density at radius 2 is 2.71 bits per heavy atom. The van der Waals surface area contributed by atoms with E-state index in [0.29, 0.717) is 0 Å². The normalized spacial score (nSPS) is 7.86. The van der Waals surface area contributed by atoms with Gasteiger partial charge in [0.2, 0.25) is 0 Å². The summed E-state index contributed by atoms with van der Waals surface area (Å²) in [4.78, 5) is 0.875. The zero-order valence-corrected chi connectivity index (χ0v) is 4.46. The van der Waals surface area contributed by atoms with Gasteiger partial charge in [-0.25, -0.2) is 0 Å². The van der Waals surface area contributed by atoms with Gasteiger partial charge in [-0.15, -0.1) is 17.8 Å². The van der Waals surface area contributed by atoms with Crippen LogP contribution in [0.1, 0.15) is 4.88 Å². The molecule has 1 heterocycles.